The number of esters is 1. The summed E-state index contributed by atoms with van der Waals surface area (Å²) < 4.78 is 16.2. The van der Waals surface area contributed by atoms with Gasteiger partial charge < -0.3 is 19.5 Å². The summed E-state index contributed by atoms with van der Waals surface area (Å²) in [5.41, 5.74) is 1.02. The van der Waals surface area contributed by atoms with Gasteiger partial charge in [0.2, 0.25) is 0 Å². The van der Waals surface area contributed by atoms with Crippen molar-refractivity contribution in [2.24, 2.45) is 0 Å². The number of fused-ring (bicyclic) bond motifs is 1. The SMILES string of the molecule is C[C@@H](OC(=O)CSc1ccc2c(c1)OCCO2)C(=O)Nc1ccc(C#N)cc1. The molecule has 0 radical (unpaired) electrons. The van der Waals surface area contributed by atoms with Gasteiger partial charge in [-0.1, -0.05) is 0 Å². The van der Waals surface area contributed by atoms with Crippen molar-refractivity contribution in [1.29, 1.82) is 5.26 Å². The molecule has 1 aliphatic rings. The molecule has 2 aromatic carbocycles. The molecule has 0 spiro atoms. The van der Waals surface area contributed by atoms with Gasteiger partial charge in [-0.05, 0) is 49.4 Å². The first-order chi connectivity index (χ1) is 13.5. The monoisotopic (exact) mass is 398 g/mol. The minimum absolute atomic E-state index is 0.0636. The van der Waals surface area contributed by atoms with Gasteiger partial charge >= 0.3 is 5.97 Å². The van der Waals surface area contributed by atoms with Crippen LogP contribution in [0.2, 0.25) is 0 Å². The number of nitrogens with one attached hydrogen (secondary N) is 1. The number of thioether (sulfide) groups is 1. The van der Waals surface area contributed by atoms with Crippen LogP contribution >= 0.6 is 11.8 Å². The summed E-state index contributed by atoms with van der Waals surface area (Å²) in [5.74, 6) is 0.463. The van der Waals surface area contributed by atoms with Crippen molar-refractivity contribution in [2.75, 3.05) is 24.3 Å². The largest absolute Gasteiger partial charge is 0.486 e. The number of nitriles is 1. The fraction of sp³-hybridized carbons (Fsp3) is 0.250. The standard InChI is InChI=1S/C20H18N2O5S/c1-13(20(24)22-15-4-2-14(11-21)3-5-15)27-19(23)12-28-16-6-7-17-18(10-16)26-9-8-25-17/h2-7,10,13H,8-9,12H2,1H3,(H,22,24)/t13-/m1/s1. The lowest BCUT2D eigenvalue weighted by atomic mass is 10.2. The van der Waals surface area contributed by atoms with Crippen molar-refractivity contribution in [3.8, 4) is 17.6 Å². The number of rotatable bonds is 6. The molecule has 0 unspecified atom stereocenters. The lowest BCUT2D eigenvalue weighted by molar-refractivity contribution is -0.150. The number of ether oxygens (including phenoxy) is 3. The van der Waals surface area contributed by atoms with E-state index >= 15 is 0 Å². The fourth-order valence-corrected chi connectivity index (χ4v) is 3.12. The van der Waals surface area contributed by atoms with Crippen LogP contribution in [0.3, 0.4) is 0 Å². The quantitative estimate of drug-likeness (QED) is 0.590. The Labute approximate surface area is 166 Å². The molecule has 0 saturated heterocycles. The Kier molecular flexibility index (Phi) is 6.40. The summed E-state index contributed by atoms with van der Waals surface area (Å²) in [6.45, 7) is 2.52. The third-order valence-corrected chi connectivity index (χ3v) is 4.80. The summed E-state index contributed by atoms with van der Waals surface area (Å²) in [5, 5.41) is 11.4. The van der Waals surface area contributed by atoms with E-state index in [-0.39, 0.29) is 5.75 Å². The Hall–Kier alpha value is -3.18. The van der Waals surface area contributed by atoms with Gasteiger partial charge in [0.05, 0.1) is 17.4 Å². The van der Waals surface area contributed by atoms with Crippen molar-refractivity contribution in [3.05, 3.63) is 48.0 Å². The maximum Gasteiger partial charge on any atom is 0.317 e. The van der Waals surface area contributed by atoms with Gasteiger partial charge in [0, 0.05) is 10.6 Å². The molecular weight excluding hydrogens is 380 g/mol. The molecule has 0 fully saturated rings. The highest BCUT2D eigenvalue weighted by Crippen LogP contribution is 2.34. The average molecular weight is 398 g/mol. The van der Waals surface area contributed by atoms with Crippen LogP contribution in [0.15, 0.2) is 47.4 Å². The van der Waals surface area contributed by atoms with E-state index in [4.69, 9.17) is 19.5 Å². The number of nitrogens with zero attached hydrogens (tertiary/aromatic N) is 1. The number of hydrogen-bond donors (Lipinski definition) is 1. The van der Waals surface area contributed by atoms with E-state index < -0.39 is 18.0 Å². The molecule has 0 saturated carbocycles. The Morgan fingerprint density at radius 2 is 1.89 bits per heavy atom. The Balaban J connectivity index is 1.47. The maximum absolute atomic E-state index is 12.1. The highest BCUT2D eigenvalue weighted by Gasteiger charge is 2.19. The van der Waals surface area contributed by atoms with Crippen LogP contribution in [0.5, 0.6) is 11.5 Å². The summed E-state index contributed by atoms with van der Waals surface area (Å²) in [4.78, 5) is 25.0. The number of amides is 1. The molecule has 0 bridgehead atoms. The molecule has 0 aromatic heterocycles. The van der Waals surface area contributed by atoms with Gasteiger partial charge in [0.15, 0.2) is 17.6 Å². The third-order valence-electron chi connectivity index (χ3n) is 3.83. The van der Waals surface area contributed by atoms with Crippen molar-refractivity contribution >= 4 is 29.3 Å². The minimum Gasteiger partial charge on any atom is -0.486 e. The van der Waals surface area contributed by atoms with Crippen LogP contribution in [0.25, 0.3) is 0 Å². The fourth-order valence-electron chi connectivity index (χ4n) is 2.41. The first-order valence-corrected chi connectivity index (χ1v) is 9.56. The van der Waals surface area contributed by atoms with Gasteiger partial charge in [-0.3, -0.25) is 9.59 Å². The predicted molar refractivity (Wildman–Crippen MR) is 103 cm³/mol. The second kappa shape index (κ2) is 9.15. The van der Waals surface area contributed by atoms with Crippen molar-refractivity contribution < 1.29 is 23.8 Å². The van der Waals surface area contributed by atoms with E-state index in [9.17, 15) is 9.59 Å². The molecule has 1 aliphatic heterocycles. The molecule has 2 aromatic rings. The number of hydrogen-bond acceptors (Lipinski definition) is 7. The third kappa shape index (κ3) is 5.18. The van der Waals surface area contributed by atoms with Gasteiger partial charge in [-0.25, -0.2) is 0 Å². The normalized spacial score (nSPS) is 13.1. The zero-order chi connectivity index (χ0) is 19.9. The zero-order valence-corrected chi connectivity index (χ0v) is 16.0. The first-order valence-electron chi connectivity index (χ1n) is 8.58. The van der Waals surface area contributed by atoms with Gasteiger partial charge in [-0.15, -0.1) is 11.8 Å². The molecular formula is C20H18N2O5S. The molecule has 28 heavy (non-hydrogen) atoms. The molecule has 0 aliphatic carbocycles. The number of anilines is 1. The van der Waals surface area contributed by atoms with Crippen molar-refractivity contribution in [2.45, 2.75) is 17.9 Å². The molecule has 1 N–H and O–H groups in total. The smallest absolute Gasteiger partial charge is 0.317 e. The summed E-state index contributed by atoms with van der Waals surface area (Å²) in [7, 11) is 0. The number of carbonyl (C=O) groups is 2. The number of carbonyl (C=O) groups excluding carboxylic acids is 2. The Bertz CT molecular complexity index is 908. The van der Waals surface area contributed by atoms with Gasteiger partial charge in [0.1, 0.15) is 13.2 Å². The van der Waals surface area contributed by atoms with Crippen molar-refractivity contribution in [1.82, 2.24) is 0 Å². The zero-order valence-electron chi connectivity index (χ0n) is 15.1. The maximum atomic E-state index is 12.1. The summed E-state index contributed by atoms with van der Waals surface area (Å²) in [6, 6.07) is 13.9. The van der Waals surface area contributed by atoms with Gasteiger partial charge in [-0.2, -0.15) is 5.26 Å². The summed E-state index contributed by atoms with van der Waals surface area (Å²) in [6.07, 6.45) is -0.941. The van der Waals surface area contributed by atoms with Crippen LogP contribution in [0.1, 0.15) is 12.5 Å². The molecule has 1 amide bonds. The van der Waals surface area contributed by atoms with E-state index in [1.165, 1.54) is 18.7 Å². The first kappa shape index (κ1) is 19.6. The highest BCUT2D eigenvalue weighted by atomic mass is 32.2. The molecule has 7 nitrogen and oxygen atoms in total. The van der Waals surface area contributed by atoms with Crippen LogP contribution in [-0.2, 0) is 14.3 Å². The number of benzene rings is 2. The second-order valence-corrected chi connectivity index (χ2v) is 6.95. The lowest BCUT2D eigenvalue weighted by Crippen LogP contribution is -2.30. The summed E-state index contributed by atoms with van der Waals surface area (Å²) >= 11 is 1.29. The van der Waals surface area contributed by atoms with Crippen LogP contribution in [0.4, 0.5) is 5.69 Å². The Morgan fingerprint density at radius 3 is 2.61 bits per heavy atom. The average Bonchev–Trinajstić information content (AvgIpc) is 2.72. The minimum atomic E-state index is -0.941. The van der Waals surface area contributed by atoms with Crippen LogP contribution < -0.4 is 14.8 Å². The van der Waals surface area contributed by atoms with E-state index in [2.05, 4.69) is 5.32 Å². The van der Waals surface area contributed by atoms with E-state index in [1.54, 1.807) is 30.3 Å². The predicted octanol–water partition coefficient (Wildman–Crippen LogP) is 2.99. The highest BCUT2D eigenvalue weighted by molar-refractivity contribution is 8.00. The molecule has 8 heteroatoms. The van der Waals surface area contributed by atoms with E-state index in [0.29, 0.717) is 36.0 Å². The molecule has 3 rings (SSSR count). The van der Waals surface area contributed by atoms with E-state index in [1.807, 2.05) is 18.2 Å². The van der Waals surface area contributed by atoms with Crippen LogP contribution in [0, 0.1) is 11.3 Å². The van der Waals surface area contributed by atoms with Gasteiger partial charge in [0.25, 0.3) is 5.91 Å². The van der Waals surface area contributed by atoms with E-state index in [0.717, 1.165) is 4.90 Å². The lowest BCUT2D eigenvalue weighted by Gasteiger charge is -2.18. The van der Waals surface area contributed by atoms with Crippen LogP contribution in [-0.4, -0.2) is 36.9 Å². The van der Waals surface area contributed by atoms with Crippen molar-refractivity contribution in [3.63, 3.8) is 0 Å². The topological polar surface area (TPSA) is 97.7 Å². The molecule has 1 atom stereocenters. The Morgan fingerprint density at radius 1 is 1.18 bits per heavy atom. The molecule has 144 valence electrons. The molecule has 1 heterocycles. The second-order valence-electron chi connectivity index (χ2n) is 5.90.